The molecule has 0 amide bonds. The van der Waals surface area contributed by atoms with E-state index >= 15 is 0 Å². The summed E-state index contributed by atoms with van der Waals surface area (Å²) in [6.07, 6.45) is 4.87. The first-order chi connectivity index (χ1) is 7.16. The van der Waals surface area contributed by atoms with Gasteiger partial charge in [-0.05, 0) is 6.07 Å². The molecule has 0 fully saturated rings. The zero-order valence-electron chi connectivity index (χ0n) is 8.17. The first-order valence-corrected chi connectivity index (χ1v) is 4.44. The van der Waals surface area contributed by atoms with Gasteiger partial charge in [-0.1, -0.05) is 0 Å². The van der Waals surface area contributed by atoms with Crippen LogP contribution in [0.15, 0.2) is 29.1 Å². The van der Waals surface area contributed by atoms with Crippen LogP contribution in [0.4, 0.5) is 0 Å². The Morgan fingerprint density at radius 3 is 3.07 bits per heavy atom. The third kappa shape index (κ3) is 1.90. The number of aromatic nitrogens is 2. The Labute approximate surface area is 85.9 Å². The number of hydrogen-bond donors (Lipinski definition) is 1. The van der Waals surface area contributed by atoms with Crippen molar-refractivity contribution >= 4 is 5.97 Å². The number of hydrogen-bond acceptors (Lipinski definition) is 3. The molecule has 5 nitrogen and oxygen atoms in total. The van der Waals surface area contributed by atoms with Crippen molar-refractivity contribution in [3.05, 3.63) is 30.3 Å². The highest BCUT2D eigenvalue weighted by atomic mass is 16.4. The van der Waals surface area contributed by atoms with Gasteiger partial charge < -0.3 is 9.52 Å². The van der Waals surface area contributed by atoms with E-state index in [0.717, 1.165) is 5.56 Å². The van der Waals surface area contributed by atoms with Gasteiger partial charge in [0, 0.05) is 18.8 Å². The molecule has 0 aliphatic rings. The molecular formula is C10H10N2O3. The lowest BCUT2D eigenvalue weighted by Crippen LogP contribution is -1.99. The van der Waals surface area contributed by atoms with E-state index in [1.165, 1.54) is 6.26 Å². The highest BCUT2D eigenvalue weighted by Crippen LogP contribution is 2.24. The molecule has 2 rings (SSSR count). The molecule has 0 spiro atoms. The molecule has 0 atom stereocenters. The van der Waals surface area contributed by atoms with Gasteiger partial charge in [-0.2, -0.15) is 5.10 Å². The second-order valence-electron chi connectivity index (χ2n) is 3.25. The zero-order chi connectivity index (χ0) is 10.8. The number of nitrogens with zero attached hydrogens (tertiary/aromatic N) is 2. The Morgan fingerprint density at radius 2 is 2.47 bits per heavy atom. The van der Waals surface area contributed by atoms with Gasteiger partial charge in [0.05, 0.1) is 24.4 Å². The fraction of sp³-hybridized carbons (Fsp3) is 0.200. The van der Waals surface area contributed by atoms with E-state index in [0.29, 0.717) is 11.3 Å². The molecule has 0 saturated carbocycles. The Morgan fingerprint density at radius 1 is 1.67 bits per heavy atom. The second-order valence-corrected chi connectivity index (χ2v) is 3.25. The summed E-state index contributed by atoms with van der Waals surface area (Å²) in [5.74, 6) is -0.299. The first-order valence-electron chi connectivity index (χ1n) is 4.44. The lowest BCUT2D eigenvalue weighted by molar-refractivity contribution is -0.136. The van der Waals surface area contributed by atoms with Crippen molar-refractivity contribution in [2.75, 3.05) is 0 Å². The van der Waals surface area contributed by atoms with Crippen LogP contribution in [0.1, 0.15) is 5.56 Å². The Kier molecular flexibility index (Phi) is 2.29. The van der Waals surface area contributed by atoms with E-state index in [9.17, 15) is 4.79 Å². The molecule has 2 aromatic rings. The van der Waals surface area contributed by atoms with Gasteiger partial charge in [0.25, 0.3) is 0 Å². The van der Waals surface area contributed by atoms with E-state index in [2.05, 4.69) is 5.10 Å². The SMILES string of the molecule is Cn1cc(-c2occc2CC(=O)O)cn1. The summed E-state index contributed by atoms with van der Waals surface area (Å²) < 4.78 is 6.89. The predicted octanol–water partition coefficient (Wildman–Crippen LogP) is 1.31. The van der Waals surface area contributed by atoms with Gasteiger partial charge in [0.15, 0.2) is 0 Å². The Bertz CT molecular complexity index is 484. The van der Waals surface area contributed by atoms with Crippen LogP contribution in [-0.2, 0) is 18.3 Å². The normalized spacial score (nSPS) is 10.5. The van der Waals surface area contributed by atoms with Gasteiger partial charge in [-0.3, -0.25) is 9.48 Å². The van der Waals surface area contributed by atoms with Crippen molar-refractivity contribution < 1.29 is 14.3 Å². The minimum Gasteiger partial charge on any atom is -0.481 e. The van der Waals surface area contributed by atoms with Crippen LogP contribution in [0.5, 0.6) is 0 Å². The molecule has 1 N–H and O–H groups in total. The quantitative estimate of drug-likeness (QED) is 0.822. The van der Waals surface area contributed by atoms with Crippen molar-refractivity contribution in [2.45, 2.75) is 6.42 Å². The average molecular weight is 206 g/mol. The largest absolute Gasteiger partial charge is 0.481 e. The van der Waals surface area contributed by atoms with Gasteiger partial charge in [0.1, 0.15) is 5.76 Å². The minimum atomic E-state index is -0.874. The number of carboxylic acids is 1. The number of carbonyl (C=O) groups is 1. The lowest BCUT2D eigenvalue weighted by Gasteiger charge is -1.95. The molecule has 78 valence electrons. The summed E-state index contributed by atoms with van der Waals surface area (Å²) in [5, 5.41) is 12.7. The molecule has 0 aliphatic heterocycles. The fourth-order valence-corrected chi connectivity index (χ4v) is 1.43. The number of aliphatic carboxylic acids is 1. The van der Waals surface area contributed by atoms with E-state index in [1.807, 2.05) is 0 Å². The van der Waals surface area contributed by atoms with Crippen molar-refractivity contribution in [2.24, 2.45) is 7.05 Å². The smallest absolute Gasteiger partial charge is 0.307 e. The number of aryl methyl sites for hydroxylation is 1. The first kappa shape index (κ1) is 9.51. The lowest BCUT2D eigenvalue weighted by atomic mass is 10.1. The molecule has 0 aromatic carbocycles. The molecule has 0 bridgehead atoms. The molecule has 0 aliphatic carbocycles. The number of carboxylic acid groups (broad SMARTS) is 1. The van der Waals surface area contributed by atoms with Crippen molar-refractivity contribution in [3.8, 4) is 11.3 Å². The number of rotatable bonds is 3. The molecule has 0 radical (unpaired) electrons. The summed E-state index contributed by atoms with van der Waals surface area (Å²) in [6, 6.07) is 1.66. The van der Waals surface area contributed by atoms with E-state index in [1.54, 1.807) is 30.2 Å². The summed E-state index contributed by atoms with van der Waals surface area (Å²) in [5.41, 5.74) is 1.45. The van der Waals surface area contributed by atoms with Crippen molar-refractivity contribution in [3.63, 3.8) is 0 Å². The van der Waals surface area contributed by atoms with Crippen LogP contribution in [0, 0.1) is 0 Å². The molecule has 2 aromatic heterocycles. The third-order valence-corrected chi connectivity index (χ3v) is 2.06. The number of furan rings is 1. The highest BCUT2D eigenvalue weighted by molar-refractivity contribution is 5.74. The zero-order valence-corrected chi connectivity index (χ0v) is 8.17. The molecule has 5 heteroatoms. The summed E-state index contributed by atoms with van der Waals surface area (Å²) >= 11 is 0. The highest BCUT2D eigenvalue weighted by Gasteiger charge is 2.13. The van der Waals surface area contributed by atoms with Gasteiger partial charge in [0.2, 0.25) is 0 Å². The van der Waals surface area contributed by atoms with E-state index in [4.69, 9.17) is 9.52 Å². The Balaban J connectivity index is 2.36. The minimum absolute atomic E-state index is 0.0409. The standard InChI is InChI=1S/C10H10N2O3/c1-12-6-8(5-11-12)10-7(2-3-15-10)4-9(13)14/h2-3,5-6H,4H2,1H3,(H,13,14). The van der Waals surface area contributed by atoms with Gasteiger partial charge >= 0.3 is 5.97 Å². The average Bonchev–Trinajstić information content (AvgIpc) is 2.72. The van der Waals surface area contributed by atoms with Crippen LogP contribution >= 0.6 is 0 Å². The monoisotopic (exact) mass is 206 g/mol. The van der Waals surface area contributed by atoms with Crippen LogP contribution in [0.2, 0.25) is 0 Å². The van der Waals surface area contributed by atoms with Crippen molar-refractivity contribution in [1.82, 2.24) is 9.78 Å². The maximum atomic E-state index is 10.6. The topological polar surface area (TPSA) is 68.3 Å². The molecular weight excluding hydrogens is 196 g/mol. The summed E-state index contributed by atoms with van der Waals surface area (Å²) in [6.45, 7) is 0. The van der Waals surface area contributed by atoms with Crippen LogP contribution in [0.25, 0.3) is 11.3 Å². The summed E-state index contributed by atoms with van der Waals surface area (Å²) in [7, 11) is 1.79. The Hall–Kier alpha value is -2.04. The van der Waals surface area contributed by atoms with Gasteiger partial charge in [-0.25, -0.2) is 0 Å². The molecule has 15 heavy (non-hydrogen) atoms. The molecule has 0 unspecified atom stereocenters. The molecule has 0 saturated heterocycles. The summed E-state index contributed by atoms with van der Waals surface area (Å²) in [4.78, 5) is 10.6. The van der Waals surface area contributed by atoms with E-state index in [-0.39, 0.29) is 6.42 Å². The van der Waals surface area contributed by atoms with Gasteiger partial charge in [-0.15, -0.1) is 0 Å². The van der Waals surface area contributed by atoms with Crippen LogP contribution in [0.3, 0.4) is 0 Å². The maximum absolute atomic E-state index is 10.6. The third-order valence-electron chi connectivity index (χ3n) is 2.06. The maximum Gasteiger partial charge on any atom is 0.307 e. The van der Waals surface area contributed by atoms with E-state index < -0.39 is 5.97 Å². The van der Waals surface area contributed by atoms with Crippen LogP contribution < -0.4 is 0 Å². The second kappa shape index (κ2) is 3.61. The predicted molar refractivity (Wildman–Crippen MR) is 52.2 cm³/mol. The fourth-order valence-electron chi connectivity index (χ4n) is 1.43. The van der Waals surface area contributed by atoms with Crippen molar-refractivity contribution in [1.29, 1.82) is 0 Å². The van der Waals surface area contributed by atoms with Crippen LogP contribution in [-0.4, -0.2) is 20.9 Å². The molecule has 2 heterocycles.